The van der Waals surface area contributed by atoms with Crippen LogP contribution in [0.15, 0.2) is 35.0 Å². The Morgan fingerprint density at radius 2 is 2.25 bits per heavy atom. The largest absolute Gasteiger partial charge is 0.361 e. The predicted molar refractivity (Wildman–Crippen MR) is 72.1 cm³/mol. The number of hydrogen-bond donors (Lipinski definition) is 2. The van der Waals surface area contributed by atoms with Gasteiger partial charge in [-0.2, -0.15) is 4.98 Å². The Labute approximate surface area is 114 Å². The van der Waals surface area contributed by atoms with E-state index in [0.717, 1.165) is 29.3 Å². The average Bonchev–Trinajstić information content (AvgIpc) is 2.97. The lowest BCUT2D eigenvalue weighted by atomic mass is 10.1. The van der Waals surface area contributed by atoms with Gasteiger partial charge in [0.1, 0.15) is 0 Å². The van der Waals surface area contributed by atoms with Crippen molar-refractivity contribution in [1.29, 1.82) is 0 Å². The van der Waals surface area contributed by atoms with Crippen molar-refractivity contribution in [2.75, 3.05) is 0 Å². The van der Waals surface area contributed by atoms with Crippen molar-refractivity contribution in [2.24, 2.45) is 0 Å². The molecule has 3 aromatic rings. The van der Waals surface area contributed by atoms with E-state index in [1.165, 1.54) is 0 Å². The molecule has 1 aliphatic rings. The molecule has 4 rings (SSSR count). The predicted octanol–water partition coefficient (Wildman–Crippen LogP) is 2.11. The summed E-state index contributed by atoms with van der Waals surface area (Å²) in [7, 11) is 0. The van der Waals surface area contributed by atoms with Crippen LogP contribution in [0.25, 0.3) is 22.3 Å². The molecular formula is C14H12N4O2. The van der Waals surface area contributed by atoms with Crippen LogP contribution in [0.1, 0.15) is 23.5 Å². The fourth-order valence-corrected chi connectivity index (χ4v) is 2.18. The molecule has 0 atom stereocenters. The molecule has 100 valence electrons. The Morgan fingerprint density at radius 1 is 1.35 bits per heavy atom. The van der Waals surface area contributed by atoms with Gasteiger partial charge in [-0.25, -0.2) is 0 Å². The first kappa shape index (κ1) is 11.2. The van der Waals surface area contributed by atoms with E-state index in [-0.39, 0.29) is 17.8 Å². The molecule has 1 saturated carbocycles. The number of nitrogens with one attached hydrogen (secondary N) is 2. The van der Waals surface area contributed by atoms with Gasteiger partial charge in [-0.1, -0.05) is 17.3 Å². The van der Waals surface area contributed by atoms with Crippen LogP contribution in [0.2, 0.25) is 0 Å². The van der Waals surface area contributed by atoms with Crippen LogP contribution >= 0.6 is 0 Å². The lowest BCUT2D eigenvalue weighted by molar-refractivity contribution is 0.0907. The third-order valence-corrected chi connectivity index (χ3v) is 3.37. The molecule has 0 spiro atoms. The number of aromatic amines is 1. The average molecular weight is 268 g/mol. The lowest BCUT2D eigenvalue weighted by Crippen LogP contribution is -2.25. The Morgan fingerprint density at radius 3 is 3.10 bits per heavy atom. The number of carbonyl (C=O) groups excluding carboxylic acids is 1. The Balaban J connectivity index is 1.70. The van der Waals surface area contributed by atoms with Crippen molar-refractivity contribution < 1.29 is 9.32 Å². The molecule has 0 unspecified atom stereocenters. The van der Waals surface area contributed by atoms with Gasteiger partial charge in [0.15, 0.2) is 0 Å². The van der Waals surface area contributed by atoms with Gasteiger partial charge in [0, 0.05) is 28.7 Å². The molecule has 0 aliphatic heterocycles. The Hall–Kier alpha value is -2.63. The summed E-state index contributed by atoms with van der Waals surface area (Å²) in [6.07, 6.45) is 3.90. The highest BCUT2D eigenvalue weighted by Crippen LogP contribution is 2.26. The second kappa shape index (κ2) is 4.19. The van der Waals surface area contributed by atoms with Crippen molar-refractivity contribution in [3.8, 4) is 11.4 Å². The molecule has 1 aromatic carbocycles. The summed E-state index contributed by atoms with van der Waals surface area (Å²) in [4.78, 5) is 19.2. The zero-order valence-corrected chi connectivity index (χ0v) is 10.6. The minimum absolute atomic E-state index is 0.0134. The topological polar surface area (TPSA) is 83.8 Å². The first-order chi connectivity index (χ1) is 9.81. The molecule has 2 N–H and O–H groups in total. The van der Waals surface area contributed by atoms with Gasteiger partial charge < -0.3 is 14.8 Å². The molecule has 6 nitrogen and oxygen atoms in total. The van der Waals surface area contributed by atoms with Crippen LogP contribution in [0.4, 0.5) is 0 Å². The summed E-state index contributed by atoms with van der Waals surface area (Å²) in [6, 6.07) is 8.01. The zero-order chi connectivity index (χ0) is 13.5. The molecule has 2 aromatic heterocycles. The molecule has 0 bridgehead atoms. The SMILES string of the molecule is O=C(NC1CC1)c1nc(-c2cccc3[nH]ccc23)no1. The Kier molecular flexibility index (Phi) is 2.35. The van der Waals surface area contributed by atoms with Crippen molar-refractivity contribution >= 4 is 16.8 Å². The first-order valence-corrected chi connectivity index (χ1v) is 6.52. The van der Waals surface area contributed by atoms with Crippen molar-refractivity contribution in [1.82, 2.24) is 20.4 Å². The molecule has 20 heavy (non-hydrogen) atoms. The molecule has 0 radical (unpaired) electrons. The minimum Gasteiger partial charge on any atom is -0.361 e. The quantitative estimate of drug-likeness (QED) is 0.762. The summed E-state index contributed by atoms with van der Waals surface area (Å²) in [5.74, 6) is 0.142. The summed E-state index contributed by atoms with van der Waals surface area (Å²) in [5, 5.41) is 7.73. The van der Waals surface area contributed by atoms with Crippen LogP contribution < -0.4 is 5.32 Å². The standard InChI is InChI=1S/C14H12N4O2/c19-13(16-8-4-5-8)14-17-12(18-20-14)10-2-1-3-11-9(10)6-7-15-11/h1-3,6-8,15H,4-5H2,(H,16,19). The zero-order valence-electron chi connectivity index (χ0n) is 10.6. The van der Waals surface area contributed by atoms with Gasteiger partial charge in [0.25, 0.3) is 0 Å². The van der Waals surface area contributed by atoms with E-state index < -0.39 is 0 Å². The number of nitrogens with zero attached hydrogens (tertiary/aromatic N) is 2. The smallest absolute Gasteiger partial charge is 0.316 e. The molecule has 1 amide bonds. The number of rotatable bonds is 3. The highest BCUT2D eigenvalue weighted by atomic mass is 16.5. The molecule has 1 aliphatic carbocycles. The molecule has 0 saturated heterocycles. The third kappa shape index (κ3) is 1.85. The first-order valence-electron chi connectivity index (χ1n) is 6.52. The molecular weight excluding hydrogens is 256 g/mol. The minimum atomic E-state index is -0.299. The number of benzene rings is 1. The lowest BCUT2D eigenvalue weighted by Gasteiger charge is -1.97. The second-order valence-corrected chi connectivity index (χ2v) is 4.92. The number of hydrogen-bond acceptors (Lipinski definition) is 4. The van der Waals surface area contributed by atoms with E-state index >= 15 is 0 Å². The summed E-state index contributed by atoms with van der Waals surface area (Å²) >= 11 is 0. The maximum Gasteiger partial charge on any atom is 0.316 e. The summed E-state index contributed by atoms with van der Waals surface area (Å²) in [5.41, 5.74) is 1.84. The van der Waals surface area contributed by atoms with Gasteiger partial charge >= 0.3 is 11.8 Å². The van der Waals surface area contributed by atoms with Gasteiger partial charge in [-0.15, -0.1) is 0 Å². The highest BCUT2D eigenvalue weighted by molar-refractivity contribution is 5.94. The third-order valence-electron chi connectivity index (χ3n) is 3.37. The van der Waals surface area contributed by atoms with E-state index in [1.807, 2.05) is 30.5 Å². The van der Waals surface area contributed by atoms with E-state index in [9.17, 15) is 4.79 Å². The second-order valence-electron chi connectivity index (χ2n) is 4.92. The van der Waals surface area contributed by atoms with Crippen LogP contribution in [0, 0.1) is 0 Å². The fourth-order valence-electron chi connectivity index (χ4n) is 2.18. The molecule has 6 heteroatoms. The number of aromatic nitrogens is 3. The van der Waals surface area contributed by atoms with Crippen LogP contribution in [-0.2, 0) is 0 Å². The van der Waals surface area contributed by atoms with Gasteiger partial charge in [-0.3, -0.25) is 4.79 Å². The van der Waals surface area contributed by atoms with E-state index in [2.05, 4.69) is 20.4 Å². The van der Waals surface area contributed by atoms with E-state index in [4.69, 9.17) is 4.52 Å². The van der Waals surface area contributed by atoms with Gasteiger partial charge in [-0.05, 0) is 25.0 Å². The van der Waals surface area contributed by atoms with Crippen LogP contribution in [0.5, 0.6) is 0 Å². The van der Waals surface area contributed by atoms with Crippen molar-refractivity contribution in [3.05, 3.63) is 36.4 Å². The van der Waals surface area contributed by atoms with Crippen molar-refractivity contribution in [2.45, 2.75) is 18.9 Å². The van der Waals surface area contributed by atoms with E-state index in [1.54, 1.807) is 0 Å². The van der Waals surface area contributed by atoms with Crippen LogP contribution in [-0.4, -0.2) is 27.1 Å². The van der Waals surface area contributed by atoms with E-state index in [0.29, 0.717) is 5.82 Å². The van der Waals surface area contributed by atoms with Gasteiger partial charge in [0.05, 0.1) is 0 Å². The number of carbonyl (C=O) groups is 1. The Bertz CT molecular complexity index is 785. The normalized spacial score (nSPS) is 14.6. The fraction of sp³-hybridized carbons (Fsp3) is 0.214. The highest BCUT2D eigenvalue weighted by Gasteiger charge is 2.26. The summed E-state index contributed by atoms with van der Waals surface area (Å²) in [6.45, 7) is 0. The number of H-pyrrole nitrogens is 1. The maximum absolute atomic E-state index is 11.8. The van der Waals surface area contributed by atoms with Crippen LogP contribution in [0.3, 0.4) is 0 Å². The monoisotopic (exact) mass is 268 g/mol. The summed E-state index contributed by atoms with van der Waals surface area (Å²) < 4.78 is 5.05. The maximum atomic E-state index is 11.8. The molecule has 2 heterocycles. The molecule has 1 fully saturated rings. The number of fused-ring (bicyclic) bond motifs is 1. The van der Waals surface area contributed by atoms with Gasteiger partial charge in [0.2, 0.25) is 5.82 Å². The number of amides is 1. The van der Waals surface area contributed by atoms with Crippen molar-refractivity contribution in [3.63, 3.8) is 0 Å².